The molecule has 5 heteroatoms. The fraction of sp³-hybridized carbons (Fsp3) is 0.125. The smallest absolute Gasteiger partial charge is 0.171 e. The van der Waals surface area contributed by atoms with E-state index in [9.17, 15) is 0 Å². The van der Waals surface area contributed by atoms with Gasteiger partial charge in [-0.25, -0.2) is 15.0 Å². The Labute approximate surface area is 79.8 Å². The van der Waals surface area contributed by atoms with Crippen molar-refractivity contribution in [2.75, 3.05) is 0 Å². The fourth-order valence-electron chi connectivity index (χ4n) is 0.892. The lowest BCUT2D eigenvalue weighted by Gasteiger charge is -1.96. The van der Waals surface area contributed by atoms with E-state index in [0.29, 0.717) is 0 Å². The van der Waals surface area contributed by atoms with Gasteiger partial charge < -0.3 is 4.98 Å². The third-order valence-electron chi connectivity index (χ3n) is 1.45. The average Bonchev–Trinajstić information content (AvgIpc) is 2.57. The molecule has 0 saturated carbocycles. The lowest BCUT2D eigenvalue weighted by Crippen LogP contribution is -1.85. The second-order valence-corrected chi connectivity index (χ2v) is 3.50. The predicted molar refractivity (Wildman–Crippen MR) is 49.5 cm³/mol. The quantitative estimate of drug-likeness (QED) is 0.735. The van der Waals surface area contributed by atoms with Crippen LogP contribution in [0.15, 0.2) is 35.0 Å². The topological polar surface area (TPSA) is 54.5 Å². The Morgan fingerprint density at radius 2 is 2.23 bits per heavy atom. The minimum atomic E-state index is 0.845. The van der Waals surface area contributed by atoms with Crippen LogP contribution in [0.3, 0.4) is 0 Å². The first-order valence-electron chi connectivity index (χ1n) is 3.80. The maximum absolute atomic E-state index is 4.11. The summed E-state index contributed by atoms with van der Waals surface area (Å²) in [5, 5.41) is 1.75. The van der Waals surface area contributed by atoms with E-state index in [-0.39, 0.29) is 0 Å². The first-order chi connectivity index (χ1) is 6.34. The van der Waals surface area contributed by atoms with E-state index in [2.05, 4.69) is 19.9 Å². The number of H-pyrrole nitrogens is 1. The summed E-state index contributed by atoms with van der Waals surface area (Å²) in [5.41, 5.74) is 0.962. The molecular formula is C8H8N4S. The fourth-order valence-corrected chi connectivity index (χ4v) is 1.66. The first-order valence-corrected chi connectivity index (χ1v) is 4.62. The number of aromatic nitrogens is 4. The van der Waals surface area contributed by atoms with Crippen LogP contribution in [0.25, 0.3) is 0 Å². The normalized spacial score (nSPS) is 10.2. The molecule has 0 bridgehead atoms. The highest BCUT2D eigenvalue weighted by atomic mass is 32.2. The first kappa shape index (κ1) is 8.25. The lowest BCUT2D eigenvalue weighted by molar-refractivity contribution is 0.989. The van der Waals surface area contributed by atoms with Gasteiger partial charge in [0, 0.05) is 18.1 Å². The number of aromatic amines is 1. The number of imidazole rings is 1. The maximum Gasteiger partial charge on any atom is 0.171 e. The Bertz CT molecular complexity index is 385. The van der Waals surface area contributed by atoms with Crippen molar-refractivity contribution in [1.82, 2.24) is 19.9 Å². The summed E-state index contributed by atoms with van der Waals surface area (Å²) in [7, 11) is 0. The molecular weight excluding hydrogens is 184 g/mol. The number of rotatable bonds is 2. The van der Waals surface area contributed by atoms with Crippen LogP contribution in [0.5, 0.6) is 0 Å². The molecule has 0 aliphatic carbocycles. The van der Waals surface area contributed by atoms with Crippen molar-refractivity contribution in [2.45, 2.75) is 17.1 Å². The van der Waals surface area contributed by atoms with Crippen molar-refractivity contribution in [3.05, 3.63) is 30.5 Å². The molecule has 0 aromatic carbocycles. The van der Waals surface area contributed by atoms with Crippen LogP contribution in [0.2, 0.25) is 0 Å². The van der Waals surface area contributed by atoms with E-state index in [1.165, 1.54) is 11.8 Å². The summed E-state index contributed by atoms with van der Waals surface area (Å²) in [5.74, 6) is 0. The van der Waals surface area contributed by atoms with Crippen molar-refractivity contribution >= 4 is 11.8 Å². The summed E-state index contributed by atoms with van der Waals surface area (Å²) in [6.45, 7) is 1.94. The second kappa shape index (κ2) is 3.57. The Morgan fingerprint density at radius 3 is 2.92 bits per heavy atom. The third kappa shape index (κ3) is 2.06. The van der Waals surface area contributed by atoms with Crippen molar-refractivity contribution in [3.8, 4) is 0 Å². The summed E-state index contributed by atoms with van der Waals surface area (Å²) >= 11 is 1.49. The molecule has 2 aromatic heterocycles. The average molecular weight is 192 g/mol. The van der Waals surface area contributed by atoms with Crippen LogP contribution in [-0.4, -0.2) is 19.9 Å². The summed E-state index contributed by atoms with van der Waals surface area (Å²) in [4.78, 5) is 15.2. The molecule has 0 spiro atoms. The van der Waals surface area contributed by atoms with E-state index in [0.717, 1.165) is 15.9 Å². The third-order valence-corrected chi connectivity index (χ3v) is 2.30. The van der Waals surface area contributed by atoms with Gasteiger partial charge in [-0.2, -0.15) is 0 Å². The van der Waals surface area contributed by atoms with E-state index in [4.69, 9.17) is 0 Å². The highest BCUT2D eigenvalue weighted by Crippen LogP contribution is 2.21. The van der Waals surface area contributed by atoms with Crippen LogP contribution in [0, 0.1) is 6.92 Å². The van der Waals surface area contributed by atoms with Crippen LogP contribution < -0.4 is 0 Å². The van der Waals surface area contributed by atoms with Crippen LogP contribution in [0.4, 0.5) is 0 Å². The molecule has 0 fully saturated rings. The number of aryl methyl sites for hydroxylation is 1. The van der Waals surface area contributed by atoms with Gasteiger partial charge in [-0.1, -0.05) is 0 Å². The van der Waals surface area contributed by atoms with Gasteiger partial charge in [0.1, 0.15) is 11.4 Å². The summed E-state index contributed by atoms with van der Waals surface area (Å²) in [6.07, 6.45) is 5.06. The molecule has 0 amide bonds. The van der Waals surface area contributed by atoms with Crippen LogP contribution in [0.1, 0.15) is 5.69 Å². The van der Waals surface area contributed by atoms with E-state index in [1.54, 1.807) is 18.7 Å². The Hall–Kier alpha value is -1.36. The zero-order chi connectivity index (χ0) is 9.10. The maximum atomic E-state index is 4.11. The molecule has 2 rings (SSSR count). The molecule has 2 aromatic rings. The molecule has 0 aliphatic rings. The van der Waals surface area contributed by atoms with Gasteiger partial charge in [0.05, 0.1) is 0 Å². The van der Waals surface area contributed by atoms with E-state index < -0.39 is 0 Å². The Kier molecular flexibility index (Phi) is 2.27. The Balaban J connectivity index is 2.19. The number of hydrogen-bond donors (Lipinski definition) is 1. The molecule has 0 aliphatic heterocycles. The van der Waals surface area contributed by atoms with Gasteiger partial charge in [-0.3, -0.25) is 0 Å². The molecule has 1 N–H and O–H groups in total. The standard InChI is InChI=1S/C8H8N4S/c1-6-4-7(12-5-11-6)13-8-9-2-3-10-8/h2-5H,1H3,(H,9,10). The SMILES string of the molecule is Cc1cc(Sc2ncc[nH]2)ncn1. The van der Waals surface area contributed by atoms with Crippen molar-refractivity contribution in [2.24, 2.45) is 0 Å². The van der Waals surface area contributed by atoms with Gasteiger partial charge in [-0.05, 0) is 24.8 Å². The highest BCUT2D eigenvalue weighted by Gasteiger charge is 2.00. The van der Waals surface area contributed by atoms with Crippen molar-refractivity contribution in [1.29, 1.82) is 0 Å². The van der Waals surface area contributed by atoms with Crippen LogP contribution in [-0.2, 0) is 0 Å². The predicted octanol–water partition coefficient (Wildman–Crippen LogP) is 1.66. The summed E-state index contributed by atoms with van der Waals surface area (Å²) < 4.78 is 0. The molecule has 4 nitrogen and oxygen atoms in total. The van der Waals surface area contributed by atoms with Crippen molar-refractivity contribution in [3.63, 3.8) is 0 Å². The van der Waals surface area contributed by atoms with Gasteiger partial charge in [-0.15, -0.1) is 0 Å². The van der Waals surface area contributed by atoms with E-state index in [1.807, 2.05) is 13.0 Å². The molecule has 2 heterocycles. The molecule has 0 radical (unpaired) electrons. The highest BCUT2D eigenvalue weighted by molar-refractivity contribution is 7.99. The number of hydrogen-bond acceptors (Lipinski definition) is 4. The zero-order valence-corrected chi connectivity index (χ0v) is 7.88. The molecule has 0 atom stereocenters. The van der Waals surface area contributed by atoms with Gasteiger partial charge in [0.25, 0.3) is 0 Å². The zero-order valence-electron chi connectivity index (χ0n) is 7.06. The molecule has 13 heavy (non-hydrogen) atoms. The summed E-state index contributed by atoms with van der Waals surface area (Å²) in [6, 6.07) is 1.92. The van der Waals surface area contributed by atoms with Crippen LogP contribution >= 0.6 is 11.8 Å². The second-order valence-electron chi connectivity index (χ2n) is 2.49. The van der Waals surface area contributed by atoms with Gasteiger partial charge in [0.15, 0.2) is 5.16 Å². The minimum Gasteiger partial charge on any atom is -0.339 e. The number of nitrogens with zero attached hydrogens (tertiary/aromatic N) is 3. The van der Waals surface area contributed by atoms with Crippen molar-refractivity contribution < 1.29 is 0 Å². The molecule has 0 saturated heterocycles. The van der Waals surface area contributed by atoms with Gasteiger partial charge >= 0.3 is 0 Å². The van der Waals surface area contributed by atoms with Gasteiger partial charge in [0.2, 0.25) is 0 Å². The molecule has 0 unspecified atom stereocenters. The number of nitrogens with one attached hydrogen (secondary N) is 1. The molecule has 66 valence electrons. The monoisotopic (exact) mass is 192 g/mol. The minimum absolute atomic E-state index is 0.845. The Morgan fingerprint density at radius 1 is 1.31 bits per heavy atom. The lowest BCUT2D eigenvalue weighted by atomic mass is 10.5. The van der Waals surface area contributed by atoms with E-state index >= 15 is 0 Å². The largest absolute Gasteiger partial charge is 0.339 e.